The van der Waals surface area contributed by atoms with E-state index in [-0.39, 0.29) is 0 Å². The largest absolute Gasteiger partial charge is 0.478 e. The fourth-order valence-electron chi connectivity index (χ4n) is 2.98. The van der Waals surface area contributed by atoms with Crippen LogP contribution in [0.3, 0.4) is 0 Å². The molecule has 2 aromatic rings. The third-order valence-corrected chi connectivity index (χ3v) is 4.01. The lowest BCUT2D eigenvalue weighted by molar-refractivity contribution is -0.131. The van der Waals surface area contributed by atoms with Crippen LogP contribution in [0.4, 0.5) is 0 Å². The Hall–Kier alpha value is -2.35. The van der Waals surface area contributed by atoms with E-state index >= 15 is 0 Å². The Morgan fingerprint density at radius 1 is 0.905 bits per heavy atom. The van der Waals surface area contributed by atoms with E-state index in [1.807, 2.05) is 36.4 Å². The van der Waals surface area contributed by atoms with Crippen LogP contribution >= 0.6 is 0 Å². The minimum atomic E-state index is -0.911. The van der Waals surface area contributed by atoms with Gasteiger partial charge in [-0.2, -0.15) is 0 Å². The molecule has 0 atom stereocenters. The van der Waals surface area contributed by atoms with Crippen LogP contribution in [0.1, 0.15) is 35.1 Å². The second-order valence-corrected chi connectivity index (χ2v) is 5.45. The summed E-state index contributed by atoms with van der Waals surface area (Å²) in [6.45, 7) is 0. The van der Waals surface area contributed by atoms with Gasteiger partial charge >= 0.3 is 5.97 Å². The second kappa shape index (κ2) is 5.96. The highest BCUT2D eigenvalue weighted by Gasteiger charge is 2.13. The van der Waals surface area contributed by atoms with Gasteiger partial charge in [0.2, 0.25) is 0 Å². The molecule has 1 aliphatic rings. The van der Waals surface area contributed by atoms with E-state index < -0.39 is 5.97 Å². The summed E-state index contributed by atoms with van der Waals surface area (Å²) in [6, 6.07) is 16.1. The molecule has 0 heterocycles. The molecule has 1 N–H and O–H groups in total. The average Bonchev–Trinajstić information content (AvgIpc) is 2.53. The minimum Gasteiger partial charge on any atom is -0.478 e. The number of rotatable bonds is 3. The summed E-state index contributed by atoms with van der Waals surface area (Å²) >= 11 is 0. The molecule has 2 nitrogen and oxygen atoms in total. The van der Waals surface area contributed by atoms with Gasteiger partial charge in [-0.3, -0.25) is 0 Å². The minimum absolute atomic E-state index is 0.775. The van der Waals surface area contributed by atoms with E-state index in [2.05, 4.69) is 12.1 Å². The van der Waals surface area contributed by atoms with Crippen molar-refractivity contribution in [1.82, 2.24) is 0 Å². The number of carboxylic acids is 1. The zero-order chi connectivity index (χ0) is 14.7. The van der Waals surface area contributed by atoms with Crippen LogP contribution in [0, 0.1) is 0 Å². The highest BCUT2D eigenvalue weighted by Crippen LogP contribution is 2.28. The Morgan fingerprint density at radius 3 is 2.33 bits per heavy atom. The molecular formula is C19H18O2. The summed E-state index contributed by atoms with van der Waals surface area (Å²) in [4.78, 5) is 11.2. The quantitative estimate of drug-likeness (QED) is 0.859. The Morgan fingerprint density at radius 2 is 1.62 bits per heavy atom. The maximum Gasteiger partial charge on any atom is 0.328 e. The number of fused-ring (bicyclic) bond motifs is 1. The molecule has 0 amide bonds. The van der Waals surface area contributed by atoms with E-state index in [0.717, 1.165) is 29.5 Å². The van der Waals surface area contributed by atoms with Crippen LogP contribution in [0.15, 0.2) is 54.6 Å². The Balaban J connectivity index is 2.07. The lowest BCUT2D eigenvalue weighted by Gasteiger charge is -2.17. The third-order valence-electron chi connectivity index (χ3n) is 4.01. The maximum absolute atomic E-state index is 11.2. The van der Waals surface area contributed by atoms with Crippen molar-refractivity contribution in [1.29, 1.82) is 0 Å². The molecule has 1 aliphatic carbocycles. The molecule has 0 bridgehead atoms. The molecule has 0 spiro atoms. The molecule has 0 aliphatic heterocycles. The SMILES string of the molecule is O=C(O)/C=C(\c1ccccc1)c1ccc2c(c1)CCCC2. The lowest BCUT2D eigenvalue weighted by atomic mass is 9.87. The van der Waals surface area contributed by atoms with Gasteiger partial charge in [0, 0.05) is 6.08 Å². The zero-order valence-electron chi connectivity index (χ0n) is 11.9. The van der Waals surface area contributed by atoms with E-state index in [0.29, 0.717) is 0 Å². The van der Waals surface area contributed by atoms with Gasteiger partial charge in [0.05, 0.1) is 0 Å². The van der Waals surface area contributed by atoms with Crippen molar-refractivity contribution in [3.05, 3.63) is 76.9 Å². The zero-order valence-corrected chi connectivity index (χ0v) is 11.9. The first kappa shape index (κ1) is 13.6. The summed E-state index contributed by atoms with van der Waals surface area (Å²) in [5.74, 6) is -0.911. The van der Waals surface area contributed by atoms with Gasteiger partial charge in [0.1, 0.15) is 0 Å². The lowest BCUT2D eigenvalue weighted by Crippen LogP contribution is -2.03. The van der Waals surface area contributed by atoms with Gasteiger partial charge in [-0.1, -0.05) is 48.5 Å². The number of aliphatic carboxylic acids is 1. The molecule has 0 aromatic heterocycles. The van der Waals surface area contributed by atoms with Crippen LogP contribution in [0.25, 0.3) is 5.57 Å². The van der Waals surface area contributed by atoms with E-state index in [4.69, 9.17) is 5.11 Å². The monoisotopic (exact) mass is 278 g/mol. The van der Waals surface area contributed by atoms with Gasteiger partial charge in [-0.15, -0.1) is 0 Å². The summed E-state index contributed by atoms with van der Waals surface area (Å²) < 4.78 is 0. The highest BCUT2D eigenvalue weighted by molar-refractivity contribution is 5.95. The number of carbonyl (C=O) groups is 1. The van der Waals surface area contributed by atoms with Crippen LogP contribution in [-0.2, 0) is 17.6 Å². The van der Waals surface area contributed by atoms with Crippen molar-refractivity contribution in [3.8, 4) is 0 Å². The third kappa shape index (κ3) is 3.05. The van der Waals surface area contributed by atoms with Gasteiger partial charge in [0.15, 0.2) is 0 Å². The van der Waals surface area contributed by atoms with Crippen molar-refractivity contribution < 1.29 is 9.90 Å². The van der Waals surface area contributed by atoms with Crippen molar-refractivity contribution in [2.24, 2.45) is 0 Å². The molecule has 106 valence electrons. The summed E-state index contributed by atoms with van der Waals surface area (Å²) in [5, 5.41) is 9.17. The van der Waals surface area contributed by atoms with Crippen molar-refractivity contribution in [2.75, 3.05) is 0 Å². The maximum atomic E-state index is 11.2. The first-order valence-corrected chi connectivity index (χ1v) is 7.36. The molecule has 2 aromatic carbocycles. The predicted octanol–water partition coefficient (Wildman–Crippen LogP) is 4.08. The van der Waals surface area contributed by atoms with Crippen LogP contribution in [-0.4, -0.2) is 11.1 Å². The van der Waals surface area contributed by atoms with E-state index in [1.165, 1.54) is 30.0 Å². The van der Waals surface area contributed by atoms with Gasteiger partial charge < -0.3 is 5.11 Å². The first-order valence-electron chi connectivity index (χ1n) is 7.36. The second-order valence-electron chi connectivity index (χ2n) is 5.45. The number of aryl methyl sites for hydroxylation is 2. The van der Waals surface area contributed by atoms with Gasteiger partial charge in [0.25, 0.3) is 0 Å². The van der Waals surface area contributed by atoms with Crippen molar-refractivity contribution >= 4 is 11.5 Å². The predicted molar refractivity (Wildman–Crippen MR) is 84.2 cm³/mol. The normalized spacial score (nSPS) is 14.6. The smallest absolute Gasteiger partial charge is 0.328 e. The summed E-state index contributed by atoms with van der Waals surface area (Å²) in [7, 11) is 0. The summed E-state index contributed by atoms with van der Waals surface area (Å²) in [5.41, 5.74) is 5.48. The molecular weight excluding hydrogens is 260 g/mol. The van der Waals surface area contributed by atoms with Crippen LogP contribution < -0.4 is 0 Å². The van der Waals surface area contributed by atoms with Crippen LogP contribution in [0.5, 0.6) is 0 Å². The molecule has 0 saturated heterocycles. The molecule has 0 saturated carbocycles. The number of hydrogen-bond acceptors (Lipinski definition) is 1. The molecule has 0 fully saturated rings. The fourth-order valence-corrected chi connectivity index (χ4v) is 2.98. The standard InChI is InChI=1S/C19H18O2/c20-19(21)13-18(15-7-2-1-3-8-15)17-11-10-14-6-4-5-9-16(14)12-17/h1-3,7-8,10-13H,4-6,9H2,(H,20,21)/b18-13+. The Bertz CT molecular complexity index is 684. The van der Waals surface area contributed by atoms with Gasteiger partial charge in [-0.05, 0) is 53.5 Å². The summed E-state index contributed by atoms with van der Waals surface area (Å²) in [6.07, 6.45) is 6.01. The molecule has 0 radical (unpaired) electrons. The molecule has 3 rings (SSSR count). The van der Waals surface area contributed by atoms with E-state index in [9.17, 15) is 4.79 Å². The van der Waals surface area contributed by atoms with Crippen LogP contribution in [0.2, 0.25) is 0 Å². The first-order chi connectivity index (χ1) is 10.2. The molecule has 21 heavy (non-hydrogen) atoms. The Labute approximate surface area is 124 Å². The van der Waals surface area contributed by atoms with Gasteiger partial charge in [-0.25, -0.2) is 4.79 Å². The average molecular weight is 278 g/mol. The Kier molecular flexibility index (Phi) is 3.87. The molecule has 2 heteroatoms. The van der Waals surface area contributed by atoms with Crippen molar-refractivity contribution in [2.45, 2.75) is 25.7 Å². The fraction of sp³-hybridized carbons (Fsp3) is 0.211. The van der Waals surface area contributed by atoms with E-state index in [1.54, 1.807) is 0 Å². The van der Waals surface area contributed by atoms with Crippen molar-refractivity contribution in [3.63, 3.8) is 0 Å². The number of carboxylic acid groups (broad SMARTS) is 1. The highest BCUT2D eigenvalue weighted by atomic mass is 16.4. The molecule has 0 unspecified atom stereocenters. The number of benzene rings is 2. The number of hydrogen-bond donors (Lipinski definition) is 1. The topological polar surface area (TPSA) is 37.3 Å².